The van der Waals surface area contributed by atoms with Gasteiger partial charge in [-0.3, -0.25) is 0 Å². The maximum Gasteiger partial charge on any atom is 0.237 e. The maximum atomic E-state index is 5.92. The Hall–Kier alpha value is -1.33. The lowest BCUT2D eigenvalue weighted by atomic mass is 10.3. The minimum absolute atomic E-state index is 0.602. The van der Waals surface area contributed by atoms with Crippen molar-refractivity contribution in [1.29, 1.82) is 0 Å². The van der Waals surface area contributed by atoms with E-state index in [9.17, 15) is 0 Å². The van der Waals surface area contributed by atoms with Gasteiger partial charge in [-0.15, -0.1) is 11.3 Å². The smallest absolute Gasteiger partial charge is 0.237 e. The zero-order chi connectivity index (χ0) is 12.7. The average Bonchev–Trinajstić information content (AvgIpc) is 2.93. The van der Waals surface area contributed by atoms with Gasteiger partial charge in [-0.1, -0.05) is 22.9 Å². The maximum absolute atomic E-state index is 5.92. The fourth-order valence-electron chi connectivity index (χ4n) is 1.81. The molecule has 2 N–H and O–H groups in total. The highest BCUT2D eigenvalue weighted by atomic mass is 79.9. The first-order valence-electron chi connectivity index (χ1n) is 5.62. The average molecular weight is 323 g/mol. The topological polar surface area (TPSA) is 52.0 Å². The number of oxazole rings is 1. The number of aromatic nitrogens is 1. The van der Waals surface area contributed by atoms with Crippen LogP contribution in [0.3, 0.4) is 0 Å². The molecule has 0 unspecified atom stereocenters. The van der Waals surface area contributed by atoms with Crippen LogP contribution in [0.1, 0.15) is 11.8 Å². The van der Waals surface area contributed by atoms with Crippen LogP contribution in [0.15, 0.2) is 33.2 Å². The van der Waals surface area contributed by atoms with Crippen LogP contribution in [0.5, 0.6) is 0 Å². The molecule has 0 bridgehead atoms. The summed E-state index contributed by atoms with van der Waals surface area (Å²) in [5, 5.41) is 0. The van der Waals surface area contributed by atoms with Crippen LogP contribution in [-0.4, -0.2) is 4.98 Å². The Morgan fingerprint density at radius 3 is 2.94 bits per heavy atom. The van der Waals surface area contributed by atoms with Gasteiger partial charge in [0.15, 0.2) is 5.58 Å². The van der Waals surface area contributed by atoms with Crippen LogP contribution in [0.25, 0.3) is 21.9 Å². The van der Waals surface area contributed by atoms with Crippen LogP contribution in [-0.2, 0) is 6.42 Å². The van der Waals surface area contributed by atoms with Crippen molar-refractivity contribution in [3.05, 3.63) is 33.6 Å². The van der Waals surface area contributed by atoms with E-state index in [-0.39, 0.29) is 0 Å². The van der Waals surface area contributed by atoms with E-state index in [4.69, 9.17) is 10.2 Å². The first-order valence-corrected chi connectivity index (χ1v) is 7.23. The van der Waals surface area contributed by atoms with Crippen LogP contribution < -0.4 is 5.73 Å². The molecule has 0 spiro atoms. The summed E-state index contributed by atoms with van der Waals surface area (Å²) in [7, 11) is 0. The molecule has 0 fully saturated rings. The van der Waals surface area contributed by atoms with Crippen LogP contribution >= 0.6 is 27.3 Å². The molecule has 0 radical (unpaired) electrons. The lowest BCUT2D eigenvalue weighted by Crippen LogP contribution is -1.84. The SMILES string of the molecule is CCc1ccc(-c2nc3cc(Br)cc(N)c3o2)s1. The Bertz CT molecular complexity index is 717. The van der Waals surface area contributed by atoms with Gasteiger partial charge < -0.3 is 10.2 Å². The molecule has 3 rings (SSSR count). The largest absolute Gasteiger partial charge is 0.433 e. The molecular weight excluding hydrogens is 312 g/mol. The third-order valence-corrected chi connectivity index (χ3v) is 4.38. The summed E-state index contributed by atoms with van der Waals surface area (Å²) in [6.45, 7) is 2.14. The van der Waals surface area contributed by atoms with Gasteiger partial charge in [-0.2, -0.15) is 0 Å². The van der Waals surface area contributed by atoms with Crippen molar-refractivity contribution >= 4 is 44.1 Å². The van der Waals surface area contributed by atoms with Gasteiger partial charge in [-0.05, 0) is 30.7 Å². The monoisotopic (exact) mass is 322 g/mol. The third kappa shape index (κ3) is 1.93. The number of nitrogens with two attached hydrogens (primary N) is 1. The molecular formula is C13H11BrN2OS. The van der Waals surface area contributed by atoms with Crippen molar-refractivity contribution in [1.82, 2.24) is 4.98 Å². The highest BCUT2D eigenvalue weighted by molar-refractivity contribution is 9.10. The van der Waals surface area contributed by atoms with Crippen molar-refractivity contribution in [3.63, 3.8) is 0 Å². The molecule has 3 aromatic rings. The predicted molar refractivity (Wildman–Crippen MR) is 78.8 cm³/mol. The number of fused-ring (bicyclic) bond motifs is 1. The van der Waals surface area contributed by atoms with Gasteiger partial charge in [0.05, 0.1) is 10.6 Å². The molecule has 0 saturated heterocycles. The van der Waals surface area contributed by atoms with E-state index in [0.717, 1.165) is 21.3 Å². The zero-order valence-electron chi connectivity index (χ0n) is 9.74. The van der Waals surface area contributed by atoms with E-state index in [2.05, 4.69) is 33.9 Å². The summed E-state index contributed by atoms with van der Waals surface area (Å²) < 4.78 is 6.66. The van der Waals surface area contributed by atoms with Crippen LogP contribution in [0.4, 0.5) is 5.69 Å². The van der Waals surface area contributed by atoms with Gasteiger partial charge in [0, 0.05) is 9.35 Å². The van der Waals surface area contributed by atoms with Gasteiger partial charge in [0.2, 0.25) is 5.89 Å². The summed E-state index contributed by atoms with van der Waals surface area (Å²) >= 11 is 5.11. The first kappa shape index (κ1) is 11.7. The summed E-state index contributed by atoms with van der Waals surface area (Å²) in [5.41, 5.74) is 7.96. The lowest BCUT2D eigenvalue weighted by molar-refractivity contribution is 0.623. The standard InChI is InChI=1S/C13H11BrN2OS/c1-2-8-3-4-11(18-8)13-16-10-6-7(14)5-9(15)12(10)17-13/h3-6H,2,15H2,1H3. The summed E-state index contributed by atoms with van der Waals surface area (Å²) in [5.74, 6) is 0.638. The molecule has 0 atom stereocenters. The van der Waals surface area contributed by atoms with E-state index >= 15 is 0 Å². The number of halogens is 1. The van der Waals surface area contributed by atoms with Gasteiger partial charge in [0.1, 0.15) is 5.52 Å². The van der Waals surface area contributed by atoms with E-state index in [1.54, 1.807) is 11.3 Å². The van der Waals surface area contributed by atoms with Crippen molar-refractivity contribution in [2.45, 2.75) is 13.3 Å². The van der Waals surface area contributed by atoms with Crippen molar-refractivity contribution in [2.24, 2.45) is 0 Å². The van der Waals surface area contributed by atoms with Gasteiger partial charge in [-0.25, -0.2) is 4.98 Å². The number of hydrogen-bond acceptors (Lipinski definition) is 4. The van der Waals surface area contributed by atoms with Gasteiger partial charge >= 0.3 is 0 Å². The van der Waals surface area contributed by atoms with Crippen LogP contribution in [0.2, 0.25) is 0 Å². The Kier molecular flexibility index (Phi) is 2.87. The zero-order valence-corrected chi connectivity index (χ0v) is 12.1. The van der Waals surface area contributed by atoms with E-state index in [0.29, 0.717) is 17.2 Å². The molecule has 3 nitrogen and oxygen atoms in total. The van der Waals surface area contributed by atoms with Crippen molar-refractivity contribution < 1.29 is 4.42 Å². The molecule has 2 heterocycles. The van der Waals surface area contributed by atoms with Crippen molar-refractivity contribution in [3.8, 4) is 10.8 Å². The number of anilines is 1. The second kappa shape index (κ2) is 4.40. The number of rotatable bonds is 2. The van der Waals surface area contributed by atoms with Crippen molar-refractivity contribution in [2.75, 3.05) is 5.73 Å². The highest BCUT2D eigenvalue weighted by Crippen LogP contribution is 2.33. The second-order valence-electron chi connectivity index (χ2n) is 3.98. The molecule has 0 amide bonds. The Morgan fingerprint density at radius 2 is 2.22 bits per heavy atom. The molecule has 18 heavy (non-hydrogen) atoms. The Balaban J connectivity index is 2.16. The first-order chi connectivity index (χ1) is 8.67. The third-order valence-electron chi connectivity index (χ3n) is 2.70. The lowest BCUT2D eigenvalue weighted by Gasteiger charge is -1.93. The summed E-state index contributed by atoms with van der Waals surface area (Å²) in [6.07, 6.45) is 1.03. The molecule has 0 aliphatic carbocycles. The molecule has 5 heteroatoms. The second-order valence-corrected chi connectivity index (χ2v) is 6.07. The summed E-state index contributed by atoms with van der Waals surface area (Å²) in [6, 6.07) is 7.88. The fraction of sp³-hybridized carbons (Fsp3) is 0.154. The van der Waals surface area contributed by atoms with E-state index < -0.39 is 0 Å². The molecule has 0 aliphatic rings. The molecule has 1 aromatic carbocycles. The van der Waals surface area contributed by atoms with Crippen LogP contribution in [0, 0.1) is 0 Å². The molecule has 2 aromatic heterocycles. The fourth-order valence-corrected chi connectivity index (χ4v) is 3.15. The minimum atomic E-state index is 0.602. The molecule has 0 aliphatic heterocycles. The number of nitrogen functional groups attached to an aromatic ring is 1. The minimum Gasteiger partial charge on any atom is -0.433 e. The van der Waals surface area contributed by atoms with Gasteiger partial charge in [0.25, 0.3) is 0 Å². The van der Waals surface area contributed by atoms with E-state index in [1.165, 1.54) is 4.88 Å². The Labute approximate surface area is 117 Å². The highest BCUT2D eigenvalue weighted by Gasteiger charge is 2.13. The van der Waals surface area contributed by atoms with E-state index in [1.807, 2.05) is 18.2 Å². The number of aryl methyl sites for hydroxylation is 1. The Morgan fingerprint density at radius 1 is 1.39 bits per heavy atom. The predicted octanol–water partition coefficient (Wildman–Crippen LogP) is 4.46. The number of thiophene rings is 1. The molecule has 0 saturated carbocycles. The normalized spacial score (nSPS) is 11.2. The quantitative estimate of drug-likeness (QED) is 0.708. The molecule has 92 valence electrons. The summed E-state index contributed by atoms with van der Waals surface area (Å²) in [4.78, 5) is 6.85. The number of nitrogens with zero attached hydrogens (tertiary/aromatic N) is 1. The number of benzene rings is 1. The number of hydrogen-bond donors (Lipinski definition) is 1.